The van der Waals surface area contributed by atoms with Crippen LogP contribution in [0, 0.1) is 0 Å². The Morgan fingerprint density at radius 1 is 1.29 bits per heavy atom. The molecule has 1 aromatic heterocycles. The molecule has 1 heterocycles. The fourth-order valence-electron chi connectivity index (χ4n) is 1.53. The molecule has 0 spiro atoms. The van der Waals surface area contributed by atoms with Crippen molar-refractivity contribution < 1.29 is 13.2 Å². The molecule has 0 aliphatic heterocycles. The highest BCUT2D eigenvalue weighted by atomic mass is 79.9. The van der Waals surface area contributed by atoms with Gasteiger partial charge in [0.25, 0.3) is 10.0 Å². The van der Waals surface area contributed by atoms with Gasteiger partial charge in [-0.3, -0.25) is 4.72 Å². The van der Waals surface area contributed by atoms with Crippen molar-refractivity contribution in [3.05, 3.63) is 45.1 Å². The van der Waals surface area contributed by atoms with E-state index in [9.17, 15) is 8.42 Å². The van der Waals surface area contributed by atoms with Crippen molar-refractivity contribution in [3.63, 3.8) is 0 Å². The van der Waals surface area contributed by atoms with E-state index in [1.54, 1.807) is 0 Å². The molecule has 0 saturated carbocycles. The van der Waals surface area contributed by atoms with E-state index in [1.807, 2.05) is 0 Å². The van der Waals surface area contributed by atoms with E-state index in [-0.39, 0.29) is 10.0 Å². The largest absolute Gasteiger partial charge is 0.495 e. The third-order valence-corrected chi connectivity index (χ3v) is 5.02. The Balaban J connectivity index is 2.40. The van der Waals surface area contributed by atoms with Crippen LogP contribution in [0.2, 0.25) is 10.2 Å². The highest BCUT2D eigenvalue weighted by Crippen LogP contribution is 2.30. The number of pyridine rings is 1. The fraction of sp³-hybridized carbons (Fsp3) is 0.0833. The molecule has 1 N–H and O–H groups in total. The van der Waals surface area contributed by atoms with Crippen LogP contribution in [-0.2, 0) is 10.0 Å². The number of methoxy groups -OCH3 is 1. The van der Waals surface area contributed by atoms with Crippen LogP contribution < -0.4 is 9.46 Å². The third kappa shape index (κ3) is 3.79. The molecule has 0 saturated heterocycles. The number of hydrogen-bond acceptors (Lipinski definition) is 4. The summed E-state index contributed by atoms with van der Waals surface area (Å²) in [5.41, 5.74) is 0.298. The zero-order valence-corrected chi connectivity index (χ0v) is 14.5. The molecule has 0 radical (unpaired) electrons. The van der Waals surface area contributed by atoms with E-state index in [4.69, 9.17) is 27.9 Å². The van der Waals surface area contributed by atoms with E-state index < -0.39 is 10.0 Å². The SMILES string of the molecule is COc1cc(NS(=O)(=O)c2cc(Br)cnc2Cl)ccc1Cl. The van der Waals surface area contributed by atoms with Crippen LogP contribution in [0.3, 0.4) is 0 Å². The van der Waals surface area contributed by atoms with Crippen LogP contribution in [0.25, 0.3) is 0 Å². The van der Waals surface area contributed by atoms with E-state index in [1.165, 1.54) is 37.6 Å². The normalized spacial score (nSPS) is 11.2. The van der Waals surface area contributed by atoms with Gasteiger partial charge in [-0.15, -0.1) is 0 Å². The maximum Gasteiger partial charge on any atom is 0.265 e. The molecule has 0 bridgehead atoms. The number of rotatable bonds is 4. The maximum absolute atomic E-state index is 12.3. The number of anilines is 1. The number of sulfonamides is 1. The van der Waals surface area contributed by atoms with Crippen LogP contribution in [0.4, 0.5) is 5.69 Å². The number of nitrogens with zero attached hydrogens (tertiary/aromatic N) is 1. The van der Waals surface area contributed by atoms with E-state index in [2.05, 4.69) is 25.6 Å². The molecule has 112 valence electrons. The van der Waals surface area contributed by atoms with Crippen molar-refractivity contribution in [2.24, 2.45) is 0 Å². The number of aromatic nitrogens is 1. The minimum Gasteiger partial charge on any atom is -0.495 e. The Kier molecular flexibility index (Phi) is 4.98. The molecule has 0 unspecified atom stereocenters. The average molecular weight is 412 g/mol. The number of benzene rings is 1. The summed E-state index contributed by atoms with van der Waals surface area (Å²) >= 11 is 14.9. The van der Waals surface area contributed by atoms with Crippen molar-refractivity contribution in [3.8, 4) is 5.75 Å². The first-order chi connectivity index (χ1) is 9.83. The van der Waals surface area contributed by atoms with Crippen molar-refractivity contribution in [2.75, 3.05) is 11.8 Å². The first-order valence-electron chi connectivity index (χ1n) is 5.51. The molecule has 1 aromatic carbocycles. The second-order valence-electron chi connectivity index (χ2n) is 3.90. The Bertz CT molecular complexity index is 784. The van der Waals surface area contributed by atoms with Gasteiger partial charge in [0, 0.05) is 16.7 Å². The molecule has 0 aliphatic carbocycles. The molecule has 2 rings (SSSR count). The van der Waals surface area contributed by atoms with Gasteiger partial charge in [0.1, 0.15) is 15.8 Å². The third-order valence-electron chi connectivity index (χ3n) is 2.47. The summed E-state index contributed by atoms with van der Waals surface area (Å²) in [7, 11) is -2.44. The highest BCUT2D eigenvalue weighted by molar-refractivity contribution is 9.10. The standard InChI is InChI=1S/C12H9BrCl2N2O3S/c1-20-10-5-8(2-3-9(10)14)17-21(18,19)11-4-7(13)6-16-12(11)15/h2-6,17H,1H3. The van der Waals surface area contributed by atoms with Crippen molar-refractivity contribution in [1.82, 2.24) is 4.98 Å². The summed E-state index contributed by atoms with van der Waals surface area (Å²) in [6, 6.07) is 5.88. The van der Waals surface area contributed by atoms with Crippen LogP contribution >= 0.6 is 39.1 Å². The number of hydrogen-bond donors (Lipinski definition) is 1. The van der Waals surface area contributed by atoms with Crippen molar-refractivity contribution in [2.45, 2.75) is 4.90 Å². The second-order valence-corrected chi connectivity index (χ2v) is 7.23. The van der Waals surface area contributed by atoms with Crippen LogP contribution in [-0.4, -0.2) is 20.5 Å². The van der Waals surface area contributed by atoms with Gasteiger partial charge in [0.05, 0.1) is 17.8 Å². The molecule has 0 amide bonds. The molecule has 2 aromatic rings. The lowest BCUT2D eigenvalue weighted by Gasteiger charge is -2.11. The highest BCUT2D eigenvalue weighted by Gasteiger charge is 2.20. The predicted octanol–water partition coefficient (Wildman–Crippen LogP) is 3.96. The molecule has 9 heteroatoms. The van der Waals surface area contributed by atoms with Crippen LogP contribution in [0.5, 0.6) is 5.75 Å². The van der Waals surface area contributed by atoms with Gasteiger partial charge < -0.3 is 4.74 Å². The zero-order valence-electron chi connectivity index (χ0n) is 10.6. The molecular formula is C12H9BrCl2N2O3S. The number of ether oxygens (including phenoxy) is 1. The zero-order chi connectivity index (χ0) is 15.6. The van der Waals surface area contributed by atoms with Gasteiger partial charge in [0.15, 0.2) is 0 Å². The molecule has 0 atom stereocenters. The van der Waals surface area contributed by atoms with E-state index >= 15 is 0 Å². The lowest BCUT2D eigenvalue weighted by atomic mass is 10.3. The monoisotopic (exact) mass is 410 g/mol. The minimum absolute atomic E-state index is 0.119. The van der Waals surface area contributed by atoms with Crippen molar-refractivity contribution >= 4 is 54.8 Å². The first-order valence-corrected chi connectivity index (χ1v) is 8.54. The molecule has 0 aliphatic rings. The van der Waals surface area contributed by atoms with Crippen molar-refractivity contribution in [1.29, 1.82) is 0 Å². The quantitative estimate of drug-likeness (QED) is 0.773. The van der Waals surface area contributed by atoms with Gasteiger partial charge in [-0.05, 0) is 34.1 Å². The lowest BCUT2D eigenvalue weighted by Crippen LogP contribution is -2.14. The Morgan fingerprint density at radius 2 is 2.00 bits per heavy atom. The summed E-state index contributed by atoms with van der Waals surface area (Å²) in [5, 5.41) is 0.259. The Labute approximate surface area is 140 Å². The molecule has 21 heavy (non-hydrogen) atoms. The summed E-state index contributed by atoms with van der Waals surface area (Å²) in [5.74, 6) is 0.357. The Hall–Kier alpha value is -1.02. The van der Waals surface area contributed by atoms with E-state index in [0.717, 1.165) is 0 Å². The predicted molar refractivity (Wildman–Crippen MR) is 85.8 cm³/mol. The summed E-state index contributed by atoms with van der Waals surface area (Å²) in [6.07, 6.45) is 1.41. The summed E-state index contributed by atoms with van der Waals surface area (Å²) in [6.45, 7) is 0. The first kappa shape index (κ1) is 16.4. The fourth-order valence-corrected chi connectivity index (χ4v) is 3.72. The summed E-state index contributed by atoms with van der Waals surface area (Å²) < 4.78 is 32.6. The minimum atomic E-state index is -3.88. The average Bonchev–Trinajstić information content (AvgIpc) is 2.43. The van der Waals surface area contributed by atoms with Gasteiger partial charge >= 0.3 is 0 Å². The van der Waals surface area contributed by atoms with Gasteiger partial charge in [-0.25, -0.2) is 13.4 Å². The van der Waals surface area contributed by atoms with Crippen LogP contribution in [0.1, 0.15) is 0 Å². The van der Waals surface area contributed by atoms with E-state index in [0.29, 0.717) is 20.9 Å². The summed E-state index contributed by atoms with van der Waals surface area (Å²) in [4.78, 5) is 3.66. The number of halogens is 3. The van der Waals surface area contributed by atoms with Gasteiger partial charge in [0.2, 0.25) is 0 Å². The topological polar surface area (TPSA) is 68.3 Å². The smallest absolute Gasteiger partial charge is 0.265 e. The van der Waals surface area contributed by atoms with Gasteiger partial charge in [-0.2, -0.15) is 0 Å². The lowest BCUT2D eigenvalue weighted by molar-refractivity contribution is 0.415. The molecule has 5 nitrogen and oxygen atoms in total. The molecular weight excluding hydrogens is 403 g/mol. The van der Waals surface area contributed by atoms with Crippen LogP contribution in [0.15, 0.2) is 39.8 Å². The molecule has 0 fully saturated rings. The van der Waals surface area contributed by atoms with Gasteiger partial charge in [-0.1, -0.05) is 23.2 Å². The Morgan fingerprint density at radius 3 is 2.67 bits per heavy atom. The second kappa shape index (κ2) is 6.39. The maximum atomic E-state index is 12.3. The number of nitrogens with one attached hydrogen (secondary N) is 1.